The van der Waals surface area contributed by atoms with Gasteiger partial charge in [-0.3, -0.25) is 0 Å². The van der Waals surface area contributed by atoms with Crippen LogP contribution in [0.4, 0.5) is 4.79 Å². The Kier molecular flexibility index (Phi) is 4.05. The Morgan fingerprint density at radius 2 is 2.46 bits per heavy atom. The number of amides is 1. The van der Waals surface area contributed by atoms with Crippen molar-refractivity contribution in [2.24, 2.45) is 0 Å². The van der Waals surface area contributed by atoms with E-state index in [9.17, 15) is 4.79 Å². The third kappa shape index (κ3) is 3.65. The van der Waals surface area contributed by atoms with Gasteiger partial charge in [-0.25, -0.2) is 4.79 Å². The van der Waals surface area contributed by atoms with Gasteiger partial charge in [0, 0.05) is 11.4 Å². The van der Waals surface area contributed by atoms with Crippen LogP contribution in [0, 0.1) is 0 Å². The highest BCUT2D eigenvalue weighted by Gasteiger charge is 2.00. The van der Waals surface area contributed by atoms with Crippen molar-refractivity contribution in [1.82, 2.24) is 5.32 Å². The Morgan fingerprint density at radius 1 is 1.69 bits per heavy atom. The molecule has 0 aromatic carbocycles. The van der Waals surface area contributed by atoms with Crippen molar-refractivity contribution in [2.45, 2.75) is 6.42 Å². The highest BCUT2D eigenvalue weighted by Crippen LogP contribution is 2.21. The van der Waals surface area contributed by atoms with E-state index in [2.05, 4.69) is 10.1 Å². The van der Waals surface area contributed by atoms with Gasteiger partial charge in [0.05, 0.1) is 11.4 Å². The predicted molar refractivity (Wildman–Crippen MR) is 53.4 cm³/mol. The fraction of sp³-hybridized carbons (Fsp3) is 0.375. The summed E-state index contributed by atoms with van der Waals surface area (Å²) in [5.41, 5.74) is 0. The predicted octanol–water partition coefficient (Wildman–Crippen LogP) is 2.30. The van der Waals surface area contributed by atoms with Crippen LogP contribution in [-0.4, -0.2) is 19.7 Å². The zero-order valence-electron chi connectivity index (χ0n) is 7.17. The van der Waals surface area contributed by atoms with Gasteiger partial charge in [0.25, 0.3) is 0 Å². The van der Waals surface area contributed by atoms with E-state index in [4.69, 9.17) is 11.6 Å². The van der Waals surface area contributed by atoms with Crippen LogP contribution in [0.3, 0.4) is 0 Å². The van der Waals surface area contributed by atoms with E-state index in [1.807, 2.05) is 12.1 Å². The van der Waals surface area contributed by atoms with Gasteiger partial charge in [0.1, 0.15) is 0 Å². The molecule has 1 amide bonds. The molecule has 1 aromatic heterocycles. The molecular formula is C8H10ClNO2S. The van der Waals surface area contributed by atoms with Crippen LogP contribution in [0.5, 0.6) is 0 Å². The van der Waals surface area contributed by atoms with E-state index in [0.717, 1.165) is 15.6 Å². The zero-order chi connectivity index (χ0) is 9.68. The Labute approximate surface area is 85.7 Å². The lowest BCUT2D eigenvalue weighted by atomic mass is 10.3. The normalized spacial score (nSPS) is 9.69. The van der Waals surface area contributed by atoms with Crippen LogP contribution in [0.15, 0.2) is 12.1 Å². The molecule has 0 saturated carbocycles. The van der Waals surface area contributed by atoms with Crippen LogP contribution < -0.4 is 5.32 Å². The van der Waals surface area contributed by atoms with E-state index in [-0.39, 0.29) is 0 Å². The highest BCUT2D eigenvalue weighted by atomic mass is 35.5. The Balaban J connectivity index is 2.24. The number of hydrogen-bond acceptors (Lipinski definition) is 3. The fourth-order valence-corrected chi connectivity index (χ4v) is 1.93. The van der Waals surface area contributed by atoms with E-state index >= 15 is 0 Å². The summed E-state index contributed by atoms with van der Waals surface area (Å²) in [4.78, 5) is 11.8. The summed E-state index contributed by atoms with van der Waals surface area (Å²) in [7, 11) is 1.34. The Hall–Kier alpha value is -0.740. The van der Waals surface area contributed by atoms with Gasteiger partial charge in [-0.2, -0.15) is 0 Å². The van der Waals surface area contributed by atoms with Gasteiger partial charge < -0.3 is 10.1 Å². The van der Waals surface area contributed by atoms with Gasteiger partial charge in [-0.05, 0) is 18.6 Å². The molecule has 0 unspecified atom stereocenters. The molecule has 1 N–H and O–H groups in total. The molecule has 1 heterocycles. The first-order chi connectivity index (χ1) is 6.22. The molecule has 0 aliphatic carbocycles. The van der Waals surface area contributed by atoms with Crippen molar-refractivity contribution >= 4 is 29.0 Å². The lowest BCUT2D eigenvalue weighted by molar-refractivity contribution is 0.171. The molecule has 1 aromatic rings. The number of carbonyl (C=O) groups is 1. The number of carbonyl (C=O) groups excluding carboxylic acids is 1. The number of rotatable bonds is 3. The summed E-state index contributed by atoms with van der Waals surface area (Å²) in [6, 6.07) is 3.80. The fourth-order valence-electron chi connectivity index (χ4n) is 0.846. The summed E-state index contributed by atoms with van der Waals surface area (Å²) >= 11 is 7.26. The maximum Gasteiger partial charge on any atom is 0.406 e. The zero-order valence-corrected chi connectivity index (χ0v) is 8.74. The maximum atomic E-state index is 10.7. The lowest BCUT2D eigenvalue weighted by Gasteiger charge is -2.00. The SMILES string of the molecule is COC(=O)NCCc1ccc(Cl)s1. The lowest BCUT2D eigenvalue weighted by Crippen LogP contribution is -2.24. The number of ether oxygens (including phenoxy) is 1. The van der Waals surface area contributed by atoms with Crippen molar-refractivity contribution in [3.05, 3.63) is 21.3 Å². The number of nitrogens with one attached hydrogen (secondary N) is 1. The number of alkyl carbamates (subject to hydrolysis) is 1. The van der Waals surface area contributed by atoms with E-state index in [1.165, 1.54) is 18.4 Å². The van der Waals surface area contributed by atoms with Crippen LogP contribution in [0.25, 0.3) is 0 Å². The van der Waals surface area contributed by atoms with Crippen molar-refractivity contribution in [3.63, 3.8) is 0 Å². The van der Waals surface area contributed by atoms with Crippen molar-refractivity contribution in [2.75, 3.05) is 13.7 Å². The van der Waals surface area contributed by atoms with Gasteiger partial charge in [0.2, 0.25) is 0 Å². The molecule has 0 bridgehead atoms. The highest BCUT2D eigenvalue weighted by molar-refractivity contribution is 7.16. The topological polar surface area (TPSA) is 38.3 Å². The molecule has 0 atom stereocenters. The molecule has 13 heavy (non-hydrogen) atoms. The smallest absolute Gasteiger partial charge is 0.406 e. The molecule has 1 rings (SSSR count). The second kappa shape index (κ2) is 5.09. The summed E-state index contributed by atoms with van der Waals surface area (Å²) < 4.78 is 5.19. The van der Waals surface area contributed by atoms with Crippen LogP contribution in [0.2, 0.25) is 4.34 Å². The van der Waals surface area contributed by atoms with Crippen LogP contribution >= 0.6 is 22.9 Å². The molecule has 0 radical (unpaired) electrons. The first-order valence-electron chi connectivity index (χ1n) is 3.78. The minimum absolute atomic E-state index is 0.400. The molecule has 0 saturated heterocycles. The van der Waals surface area contributed by atoms with Crippen molar-refractivity contribution in [1.29, 1.82) is 0 Å². The van der Waals surface area contributed by atoms with Gasteiger partial charge in [-0.1, -0.05) is 11.6 Å². The largest absolute Gasteiger partial charge is 0.453 e. The summed E-state index contributed by atoms with van der Waals surface area (Å²) in [5.74, 6) is 0. The molecular weight excluding hydrogens is 210 g/mol. The molecule has 0 aliphatic heterocycles. The van der Waals surface area contributed by atoms with E-state index in [1.54, 1.807) is 0 Å². The summed E-state index contributed by atoms with van der Waals surface area (Å²) in [5, 5.41) is 2.59. The van der Waals surface area contributed by atoms with Gasteiger partial charge in [0.15, 0.2) is 0 Å². The number of hydrogen-bond donors (Lipinski definition) is 1. The van der Waals surface area contributed by atoms with Gasteiger partial charge >= 0.3 is 6.09 Å². The maximum absolute atomic E-state index is 10.7. The van der Waals surface area contributed by atoms with E-state index in [0.29, 0.717) is 6.54 Å². The minimum atomic E-state index is -0.400. The molecule has 72 valence electrons. The standard InChI is InChI=1S/C8H10ClNO2S/c1-12-8(11)10-5-4-6-2-3-7(9)13-6/h2-3H,4-5H2,1H3,(H,10,11). The van der Waals surface area contributed by atoms with Crippen molar-refractivity contribution in [3.8, 4) is 0 Å². The molecule has 3 nitrogen and oxygen atoms in total. The average molecular weight is 220 g/mol. The quantitative estimate of drug-likeness (QED) is 0.847. The Bertz CT molecular complexity index is 287. The average Bonchev–Trinajstić information content (AvgIpc) is 2.51. The molecule has 0 fully saturated rings. The first kappa shape index (κ1) is 10.3. The third-order valence-electron chi connectivity index (χ3n) is 1.45. The monoisotopic (exact) mass is 219 g/mol. The first-order valence-corrected chi connectivity index (χ1v) is 4.98. The number of halogens is 1. The summed E-state index contributed by atoms with van der Waals surface area (Å²) in [6.07, 6.45) is 0.384. The number of methoxy groups -OCH3 is 1. The number of thiophene rings is 1. The molecule has 0 spiro atoms. The Morgan fingerprint density at radius 3 is 3.00 bits per heavy atom. The van der Waals surface area contributed by atoms with E-state index < -0.39 is 6.09 Å². The minimum Gasteiger partial charge on any atom is -0.453 e. The summed E-state index contributed by atoms with van der Waals surface area (Å²) in [6.45, 7) is 0.573. The van der Waals surface area contributed by atoms with Crippen LogP contribution in [-0.2, 0) is 11.2 Å². The third-order valence-corrected chi connectivity index (χ3v) is 2.75. The molecule has 0 aliphatic rings. The van der Waals surface area contributed by atoms with Crippen LogP contribution in [0.1, 0.15) is 4.88 Å². The second-order valence-electron chi connectivity index (χ2n) is 2.37. The van der Waals surface area contributed by atoms with Gasteiger partial charge in [-0.15, -0.1) is 11.3 Å². The second-order valence-corrected chi connectivity index (χ2v) is 4.17. The van der Waals surface area contributed by atoms with Crippen molar-refractivity contribution < 1.29 is 9.53 Å². The molecule has 5 heteroatoms.